The van der Waals surface area contributed by atoms with Crippen LogP contribution >= 0.6 is 0 Å². The fourth-order valence-corrected chi connectivity index (χ4v) is 5.03. The maximum absolute atomic E-state index is 13.7. The van der Waals surface area contributed by atoms with Crippen LogP contribution in [0.4, 0.5) is 11.4 Å². The van der Waals surface area contributed by atoms with Gasteiger partial charge in [0.05, 0.1) is 41.1 Å². The Morgan fingerprint density at radius 1 is 1.02 bits per heavy atom. The molecule has 2 aromatic heterocycles. The molecule has 0 aliphatic rings. The van der Waals surface area contributed by atoms with Gasteiger partial charge < -0.3 is 23.9 Å². The van der Waals surface area contributed by atoms with Crippen LogP contribution in [0.5, 0.6) is 17.2 Å². The van der Waals surface area contributed by atoms with E-state index < -0.39 is 28.7 Å². The number of fused-ring (bicyclic) bond motifs is 2. The number of para-hydroxylation sites is 1. The number of aryl methyl sites for hydroxylation is 1. The molecule has 1 amide bonds. The quantitative estimate of drug-likeness (QED) is 0.0962. The second-order valence-corrected chi connectivity index (χ2v) is 10.6. The van der Waals surface area contributed by atoms with Gasteiger partial charge in [0.25, 0.3) is 11.5 Å². The van der Waals surface area contributed by atoms with Gasteiger partial charge in [-0.3, -0.25) is 19.7 Å². The topological polar surface area (TPSA) is 160 Å². The fourth-order valence-electron chi connectivity index (χ4n) is 5.03. The van der Waals surface area contributed by atoms with Gasteiger partial charge in [-0.05, 0) is 62.4 Å². The number of amides is 1. The van der Waals surface area contributed by atoms with E-state index in [-0.39, 0.29) is 35.3 Å². The second-order valence-electron chi connectivity index (χ2n) is 10.6. The van der Waals surface area contributed by atoms with Crippen molar-refractivity contribution in [2.45, 2.75) is 13.8 Å². The third-order valence-electron chi connectivity index (χ3n) is 7.27. The molecule has 0 aliphatic heterocycles. The predicted molar refractivity (Wildman–Crippen MR) is 180 cm³/mol. The number of aromatic nitrogens is 2. The van der Waals surface area contributed by atoms with Gasteiger partial charge in [0, 0.05) is 17.3 Å². The summed E-state index contributed by atoms with van der Waals surface area (Å²) in [5.74, 6) is 0.214. The Bertz CT molecular complexity index is 2260. The Morgan fingerprint density at radius 2 is 1.81 bits per heavy atom. The molecule has 0 bridgehead atoms. The summed E-state index contributed by atoms with van der Waals surface area (Å²) in [5.41, 5.74) is 1.80. The molecular weight excluding hydrogens is 618 g/mol. The van der Waals surface area contributed by atoms with Gasteiger partial charge in [-0.15, -0.1) is 0 Å². The first-order chi connectivity index (χ1) is 23.2. The maximum atomic E-state index is 13.7. The molecular formula is C35H29N5O8. The number of furan rings is 1. The number of carbonyl (C=O) groups is 1. The van der Waals surface area contributed by atoms with Crippen LogP contribution in [0.2, 0.25) is 0 Å². The molecule has 13 heteroatoms. The first kappa shape index (κ1) is 31.5. The Balaban J connectivity index is 1.38. The summed E-state index contributed by atoms with van der Waals surface area (Å²) in [6.07, 6.45) is 1.27. The average molecular weight is 648 g/mol. The Morgan fingerprint density at radius 3 is 2.56 bits per heavy atom. The summed E-state index contributed by atoms with van der Waals surface area (Å²) in [7, 11) is 1.54. The van der Waals surface area contributed by atoms with Crippen LogP contribution in [-0.4, -0.2) is 47.0 Å². The second kappa shape index (κ2) is 13.5. The third-order valence-corrected chi connectivity index (χ3v) is 7.27. The smallest absolute Gasteiger partial charge is 0.315 e. The van der Waals surface area contributed by atoms with Crippen molar-refractivity contribution in [3.63, 3.8) is 0 Å². The van der Waals surface area contributed by atoms with Gasteiger partial charge in [-0.2, -0.15) is 9.78 Å². The van der Waals surface area contributed by atoms with Crippen molar-refractivity contribution >= 4 is 45.4 Å². The number of ether oxygens (including phenoxy) is 3. The number of nitrogens with zero attached hydrogens (tertiary/aromatic N) is 4. The summed E-state index contributed by atoms with van der Waals surface area (Å²) in [5, 5.41) is 20.3. The summed E-state index contributed by atoms with van der Waals surface area (Å²) in [6.45, 7) is 3.27. The summed E-state index contributed by atoms with van der Waals surface area (Å²) in [4.78, 5) is 42.5. The molecule has 13 nitrogen and oxygen atoms in total. The zero-order valence-corrected chi connectivity index (χ0v) is 26.1. The molecule has 0 aliphatic carbocycles. The molecule has 48 heavy (non-hydrogen) atoms. The van der Waals surface area contributed by atoms with E-state index in [4.69, 9.17) is 18.6 Å². The van der Waals surface area contributed by atoms with Gasteiger partial charge in [-0.25, -0.2) is 4.98 Å². The molecule has 0 unspecified atom stereocenters. The highest BCUT2D eigenvalue weighted by Crippen LogP contribution is 2.38. The fraction of sp³-hybridized carbons (Fsp3) is 0.143. The Kier molecular flexibility index (Phi) is 8.83. The maximum Gasteiger partial charge on any atom is 0.315 e. The normalized spacial score (nSPS) is 11.2. The Labute approximate surface area is 273 Å². The molecule has 0 radical (unpaired) electrons. The molecule has 1 N–H and O–H groups in total. The van der Waals surface area contributed by atoms with E-state index in [2.05, 4.69) is 15.4 Å². The van der Waals surface area contributed by atoms with Crippen LogP contribution in [-0.2, 0) is 4.79 Å². The van der Waals surface area contributed by atoms with E-state index in [1.807, 2.05) is 19.1 Å². The SMILES string of the molecule is CCOc1cc(C=Nn2c(-c3cc4c(OC)cccc4o3)nc3ccccc3c2=O)cc([N+](=O)[O-])c1OCC(=O)Nc1ccc(C)cc1. The highest BCUT2D eigenvalue weighted by Gasteiger charge is 2.24. The van der Waals surface area contributed by atoms with E-state index in [0.717, 1.165) is 10.2 Å². The molecule has 0 spiro atoms. The van der Waals surface area contributed by atoms with Crippen LogP contribution in [0.1, 0.15) is 18.1 Å². The molecule has 4 aromatic carbocycles. The van der Waals surface area contributed by atoms with Gasteiger partial charge >= 0.3 is 5.69 Å². The minimum absolute atomic E-state index is 0.0184. The lowest BCUT2D eigenvalue weighted by Gasteiger charge is -2.13. The number of methoxy groups -OCH3 is 1. The molecule has 0 fully saturated rings. The molecule has 242 valence electrons. The number of hydrogen-bond acceptors (Lipinski definition) is 10. The molecule has 0 atom stereocenters. The first-order valence-corrected chi connectivity index (χ1v) is 14.8. The van der Waals surface area contributed by atoms with Crippen molar-refractivity contribution in [3.8, 4) is 28.8 Å². The molecule has 0 saturated carbocycles. The highest BCUT2D eigenvalue weighted by atomic mass is 16.6. The number of rotatable bonds is 11. The van der Waals surface area contributed by atoms with Crippen LogP contribution in [0.15, 0.2) is 99.2 Å². The predicted octanol–water partition coefficient (Wildman–Crippen LogP) is 6.33. The molecule has 6 aromatic rings. The van der Waals surface area contributed by atoms with Crippen molar-refractivity contribution in [2.24, 2.45) is 5.10 Å². The number of anilines is 1. The minimum Gasteiger partial charge on any atom is -0.496 e. The van der Waals surface area contributed by atoms with Crippen molar-refractivity contribution in [2.75, 3.05) is 25.6 Å². The minimum atomic E-state index is -0.649. The van der Waals surface area contributed by atoms with Crippen molar-refractivity contribution in [1.82, 2.24) is 9.66 Å². The van der Waals surface area contributed by atoms with Gasteiger partial charge in [0.15, 0.2) is 18.1 Å². The van der Waals surface area contributed by atoms with Gasteiger partial charge in [-0.1, -0.05) is 35.9 Å². The lowest BCUT2D eigenvalue weighted by atomic mass is 10.2. The van der Waals surface area contributed by atoms with E-state index in [9.17, 15) is 19.7 Å². The van der Waals surface area contributed by atoms with Crippen LogP contribution < -0.4 is 25.1 Å². The van der Waals surface area contributed by atoms with E-state index in [1.165, 1.54) is 18.3 Å². The summed E-state index contributed by atoms with van der Waals surface area (Å²) >= 11 is 0. The highest BCUT2D eigenvalue weighted by molar-refractivity contribution is 5.92. The van der Waals surface area contributed by atoms with Crippen LogP contribution in [0.25, 0.3) is 33.5 Å². The zero-order valence-electron chi connectivity index (χ0n) is 26.1. The Hall–Kier alpha value is -6.50. The number of nitro groups is 1. The van der Waals surface area contributed by atoms with Crippen LogP contribution in [0, 0.1) is 17.0 Å². The van der Waals surface area contributed by atoms with E-state index >= 15 is 0 Å². The molecule has 2 heterocycles. The number of benzene rings is 4. The molecule has 0 saturated heterocycles. The number of hydrogen-bond donors (Lipinski definition) is 1. The van der Waals surface area contributed by atoms with Gasteiger partial charge in [0.2, 0.25) is 11.6 Å². The van der Waals surface area contributed by atoms with E-state index in [0.29, 0.717) is 33.3 Å². The van der Waals surface area contributed by atoms with Crippen molar-refractivity contribution in [1.29, 1.82) is 0 Å². The third kappa shape index (κ3) is 6.42. The van der Waals surface area contributed by atoms with Crippen molar-refractivity contribution < 1.29 is 28.3 Å². The summed E-state index contributed by atoms with van der Waals surface area (Å²) in [6, 6.07) is 23.7. The zero-order chi connectivity index (χ0) is 33.8. The van der Waals surface area contributed by atoms with Crippen molar-refractivity contribution in [3.05, 3.63) is 117 Å². The lowest BCUT2D eigenvalue weighted by molar-refractivity contribution is -0.385. The first-order valence-electron chi connectivity index (χ1n) is 14.8. The number of nitro benzene ring substituents is 1. The van der Waals surface area contributed by atoms with Crippen LogP contribution in [0.3, 0.4) is 0 Å². The van der Waals surface area contributed by atoms with E-state index in [1.54, 1.807) is 74.7 Å². The monoisotopic (exact) mass is 647 g/mol. The standard InChI is InChI=1S/C35H29N5O8/c1-4-46-30-17-22(16-27(40(43)44)33(30)47-20-32(41)37-23-14-12-21(2)13-15-23)19-36-39-34(38-26-9-6-5-8-24(26)35(39)42)31-18-25-28(45-3)10-7-11-29(25)48-31/h5-19H,4,20H2,1-3H3,(H,37,41). The number of carbonyl (C=O) groups excluding carboxylic acids is 1. The average Bonchev–Trinajstić information content (AvgIpc) is 3.53. The largest absolute Gasteiger partial charge is 0.496 e. The van der Waals surface area contributed by atoms with Gasteiger partial charge in [0.1, 0.15) is 11.3 Å². The number of nitrogens with one attached hydrogen (secondary N) is 1. The summed E-state index contributed by atoms with van der Waals surface area (Å²) < 4.78 is 23.9. The lowest BCUT2D eigenvalue weighted by Crippen LogP contribution is -2.21. The molecule has 6 rings (SSSR count).